The molecule has 13 heavy (non-hydrogen) atoms. The fraction of sp³-hybridized carbons (Fsp3) is 0.667. The van der Waals surface area contributed by atoms with E-state index in [1.807, 2.05) is 0 Å². The van der Waals surface area contributed by atoms with Gasteiger partial charge in [-0.15, -0.1) is 0 Å². The van der Waals surface area contributed by atoms with E-state index in [4.69, 9.17) is 5.73 Å². The lowest BCUT2D eigenvalue weighted by atomic mass is 9.87. The minimum atomic E-state index is 0.650. The molecule has 0 atom stereocenters. The number of nitrogens with two attached hydrogens (primary N) is 1. The van der Waals surface area contributed by atoms with Crippen molar-refractivity contribution in [2.75, 3.05) is 5.73 Å². The van der Waals surface area contributed by atoms with Crippen molar-refractivity contribution in [3.05, 3.63) is 10.2 Å². The Morgan fingerprint density at radius 1 is 1.31 bits per heavy atom. The minimum Gasteiger partial charge on any atom is -0.388 e. The molecule has 2 rings (SSSR count). The quantitative estimate of drug-likeness (QED) is 0.839. The molecule has 2 N–H and O–H groups in total. The molecule has 1 heterocycles. The van der Waals surface area contributed by atoms with Gasteiger partial charge in [-0.25, -0.2) is 0 Å². The second kappa shape index (κ2) is 3.96. The van der Waals surface area contributed by atoms with Crippen molar-refractivity contribution in [3.8, 4) is 0 Å². The Labute approximate surface area is 90.8 Å². The van der Waals surface area contributed by atoms with Crippen LogP contribution in [0.2, 0.25) is 0 Å². The van der Waals surface area contributed by atoms with Crippen LogP contribution in [0.25, 0.3) is 0 Å². The third-order valence-electron chi connectivity index (χ3n) is 2.68. The molecule has 0 spiro atoms. The van der Waals surface area contributed by atoms with Gasteiger partial charge < -0.3 is 5.73 Å². The van der Waals surface area contributed by atoms with Crippen LogP contribution in [0.15, 0.2) is 4.47 Å². The van der Waals surface area contributed by atoms with Gasteiger partial charge in [0.25, 0.3) is 0 Å². The van der Waals surface area contributed by atoms with E-state index in [0.29, 0.717) is 5.92 Å². The van der Waals surface area contributed by atoms with Crippen LogP contribution in [0.3, 0.4) is 0 Å². The Morgan fingerprint density at radius 2 is 2.00 bits per heavy atom. The maximum atomic E-state index is 5.76. The van der Waals surface area contributed by atoms with Crippen molar-refractivity contribution in [3.63, 3.8) is 0 Å². The van der Waals surface area contributed by atoms with Gasteiger partial charge in [0.2, 0.25) is 0 Å². The van der Waals surface area contributed by atoms with Crippen molar-refractivity contribution in [2.45, 2.75) is 38.0 Å². The van der Waals surface area contributed by atoms with Crippen LogP contribution in [0.5, 0.6) is 0 Å². The second-order valence-electron chi connectivity index (χ2n) is 3.58. The number of halogens is 1. The van der Waals surface area contributed by atoms with Gasteiger partial charge >= 0.3 is 0 Å². The topological polar surface area (TPSA) is 38.9 Å². The number of rotatable bonds is 1. The van der Waals surface area contributed by atoms with Crippen molar-refractivity contribution < 1.29 is 0 Å². The van der Waals surface area contributed by atoms with Gasteiger partial charge in [-0.3, -0.25) is 0 Å². The predicted molar refractivity (Wildman–Crippen MR) is 60.1 cm³/mol. The van der Waals surface area contributed by atoms with Crippen LogP contribution in [0, 0.1) is 0 Å². The molecule has 1 aromatic rings. The zero-order chi connectivity index (χ0) is 9.26. The van der Waals surface area contributed by atoms with Crippen molar-refractivity contribution >= 4 is 32.5 Å². The lowest BCUT2D eigenvalue weighted by Gasteiger charge is -2.19. The highest BCUT2D eigenvalue weighted by Crippen LogP contribution is 2.39. The number of nitrogen functional groups attached to an aromatic ring is 1. The molecule has 72 valence electrons. The summed E-state index contributed by atoms with van der Waals surface area (Å²) in [6, 6.07) is 0. The molecule has 0 radical (unpaired) electrons. The molecule has 4 heteroatoms. The Hall–Kier alpha value is -0.0900. The summed E-state index contributed by atoms with van der Waals surface area (Å²) >= 11 is 4.91. The van der Waals surface area contributed by atoms with E-state index in [1.165, 1.54) is 49.3 Å². The van der Waals surface area contributed by atoms with E-state index in [1.54, 1.807) is 0 Å². The molecule has 0 aromatic carbocycles. The van der Waals surface area contributed by atoms with Crippen molar-refractivity contribution in [1.29, 1.82) is 0 Å². The number of anilines is 1. The number of aromatic nitrogens is 1. The molecular weight excluding hydrogens is 248 g/mol. The number of nitrogens with zero attached hydrogens (tertiary/aromatic N) is 1. The summed E-state index contributed by atoms with van der Waals surface area (Å²) in [6.45, 7) is 0. The average molecular weight is 261 g/mol. The van der Waals surface area contributed by atoms with Gasteiger partial charge in [0.05, 0.1) is 10.2 Å². The zero-order valence-electron chi connectivity index (χ0n) is 7.42. The van der Waals surface area contributed by atoms with Crippen LogP contribution in [-0.4, -0.2) is 4.37 Å². The molecule has 0 saturated heterocycles. The fourth-order valence-corrected chi connectivity index (χ4v) is 3.30. The minimum absolute atomic E-state index is 0.650. The third-order valence-corrected chi connectivity index (χ3v) is 4.46. The lowest BCUT2D eigenvalue weighted by Crippen LogP contribution is -2.05. The summed E-state index contributed by atoms with van der Waals surface area (Å²) in [7, 11) is 0. The second-order valence-corrected chi connectivity index (χ2v) is 5.18. The Bertz CT molecular complexity index is 292. The van der Waals surface area contributed by atoms with E-state index in [0.717, 1.165) is 9.47 Å². The smallest absolute Gasteiger partial charge is 0.121 e. The largest absolute Gasteiger partial charge is 0.388 e. The van der Waals surface area contributed by atoms with Gasteiger partial charge in [0, 0.05) is 5.92 Å². The normalized spacial score (nSPS) is 19.2. The molecule has 1 fully saturated rings. The van der Waals surface area contributed by atoms with Gasteiger partial charge in [-0.2, -0.15) is 4.37 Å². The van der Waals surface area contributed by atoms with Gasteiger partial charge in [-0.1, -0.05) is 19.3 Å². The summed E-state index contributed by atoms with van der Waals surface area (Å²) in [5.41, 5.74) is 6.95. The summed E-state index contributed by atoms with van der Waals surface area (Å²) < 4.78 is 5.45. The first-order valence-corrected chi connectivity index (χ1v) is 6.26. The molecule has 0 bridgehead atoms. The van der Waals surface area contributed by atoms with E-state index in [2.05, 4.69) is 20.3 Å². The van der Waals surface area contributed by atoms with Gasteiger partial charge in [0.15, 0.2) is 0 Å². The van der Waals surface area contributed by atoms with Crippen molar-refractivity contribution in [2.24, 2.45) is 0 Å². The first-order valence-electron chi connectivity index (χ1n) is 4.69. The van der Waals surface area contributed by atoms with E-state index in [-0.39, 0.29) is 0 Å². The van der Waals surface area contributed by atoms with E-state index in [9.17, 15) is 0 Å². The molecule has 1 aliphatic rings. The molecule has 1 aromatic heterocycles. The Kier molecular flexibility index (Phi) is 2.89. The number of hydrogen-bond acceptors (Lipinski definition) is 3. The molecule has 0 unspecified atom stereocenters. The highest BCUT2D eigenvalue weighted by Gasteiger charge is 2.21. The van der Waals surface area contributed by atoms with Crippen LogP contribution < -0.4 is 5.73 Å². The maximum Gasteiger partial charge on any atom is 0.121 e. The van der Waals surface area contributed by atoms with Crippen LogP contribution in [0.1, 0.15) is 43.7 Å². The first-order chi connectivity index (χ1) is 6.29. The molecule has 2 nitrogen and oxygen atoms in total. The van der Waals surface area contributed by atoms with Crippen molar-refractivity contribution in [1.82, 2.24) is 4.37 Å². The monoisotopic (exact) mass is 260 g/mol. The highest BCUT2D eigenvalue weighted by atomic mass is 79.9. The fourth-order valence-electron chi connectivity index (χ4n) is 1.93. The van der Waals surface area contributed by atoms with Crippen LogP contribution in [-0.2, 0) is 0 Å². The summed E-state index contributed by atoms with van der Waals surface area (Å²) in [6.07, 6.45) is 6.63. The summed E-state index contributed by atoms with van der Waals surface area (Å²) in [5.74, 6) is 0.650. The molecular formula is C9H13BrN2S. The maximum absolute atomic E-state index is 5.76. The molecule has 0 aliphatic heterocycles. The Balaban J connectivity index is 2.18. The Morgan fingerprint density at radius 3 is 2.54 bits per heavy atom. The SMILES string of the molecule is Nc1snc(C2CCCCC2)c1Br. The third kappa shape index (κ3) is 1.89. The lowest BCUT2D eigenvalue weighted by molar-refractivity contribution is 0.438. The molecule has 1 aliphatic carbocycles. The summed E-state index contributed by atoms with van der Waals surface area (Å²) in [4.78, 5) is 0. The number of hydrogen-bond donors (Lipinski definition) is 1. The van der Waals surface area contributed by atoms with E-state index >= 15 is 0 Å². The average Bonchev–Trinajstić information content (AvgIpc) is 2.49. The van der Waals surface area contributed by atoms with E-state index < -0.39 is 0 Å². The van der Waals surface area contributed by atoms with Gasteiger partial charge in [0.1, 0.15) is 5.00 Å². The zero-order valence-corrected chi connectivity index (χ0v) is 9.83. The van der Waals surface area contributed by atoms with Crippen LogP contribution in [0.4, 0.5) is 5.00 Å². The molecule has 1 saturated carbocycles. The predicted octanol–water partition coefficient (Wildman–Crippen LogP) is 3.54. The summed E-state index contributed by atoms with van der Waals surface area (Å²) in [5, 5.41) is 0.820. The van der Waals surface area contributed by atoms with Gasteiger partial charge in [-0.05, 0) is 40.3 Å². The first kappa shape index (κ1) is 9.46. The highest BCUT2D eigenvalue weighted by molar-refractivity contribution is 9.10. The molecule has 0 amide bonds. The van der Waals surface area contributed by atoms with Crippen LogP contribution >= 0.6 is 27.5 Å². The standard InChI is InChI=1S/C9H13BrN2S/c10-7-8(12-13-9(7)11)6-4-2-1-3-5-6/h6H,1-5,11H2.